The minimum absolute atomic E-state index is 0.220. The second kappa shape index (κ2) is 5.66. The Hall–Kier alpha value is -2.35. The van der Waals surface area contributed by atoms with Gasteiger partial charge in [-0.05, 0) is 32.0 Å². The fourth-order valence-electron chi connectivity index (χ4n) is 1.07. The number of esters is 1. The molecule has 0 aliphatic heterocycles. The first-order valence-corrected chi connectivity index (χ1v) is 4.86. The summed E-state index contributed by atoms with van der Waals surface area (Å²) in [5.41, 5.74) is 1.26. The number of rotatable bonds is 3. The van der Waals surface area contributed by atoms with Gasteiger partial charge in [0.25, 0.3) is 0 Å². The van der Waals surface area contributed by atoms with Crippen LogP contribution in [-0.4, -0.2) is 18.8 Å². The maximum atomic E-state index is 11.3. The Morgan fingerprint density at radius 3 is 2.65 bits per heavy atom. The minimum Gasteiger partial charge on any atom is -0.465 e. The summed E-state index contributed by atoms with van der Waals surface area (Å²) in [4.78, 5) is 19.6. The van der Waals surface area contributed by atoms with E-state index in [1.165, 1.54) is 25.3 Å². The van der Waals surface area contributed by atoms with E-state index in [4.69, 9.17) is 11.4 Å². The molecule has 0 N–H and O–H groups in total. The molecule has 0 unspecified atom stereocenters. The van der Waals surface area contributed by atoms with E-state index in [1.54, 1.807) is 13.8 Å². The number of benzene rings is 1. The molecule has 0 aromatic heterocycles. The number of ether oxygens (including phenoxy) is 1. The van der Waals surface area contributed by atoms with Crippen molar-refractivity contribution < 1.29 is 14.4 Å². The Kier molecular flexibility index (Phi) is 4.23. The lowest BCUT2D eigenvalue weighted by atomic mass is 10.2. The average Bonchev–Trinajstić information content (AvgIpc) is 2.34. The number of nitrogens with zero attached hydrogens (tertiary/aromatic N) is 2. The van der Waals surface area contributed by atoms with Gasteiger partial charge in [-0.15, -0.1) is 0 Å². The molecule has 0 amide bonds. The van der Waals surface area contributed by atoms with E-state index >= 15 is 0 Å². The van der Waals surface area contributed by atoms with Gasteiger partial charge in [-0.25, -0.2) is 9.64 Å². The number of oxime groups is 1. The summed E-state index contributed by atoms with van der Waals surface area (Å²) < 4.78 is 4.56. The summed E-state index contributed by atoms with van der Waals surface area (Å²) in [5.74, 6) is -0.175. The largest absolute Gasteiger partial charge is 0.465 e. The molecule has 0 spiro atoms. The van der Waals surface area contributed by atoms with Gasteiger partial charge in [0.05, 0.1) is 19.4 Å². The van der Waals surface area contributed by atoms with Crippen LogP contribution in [0.1, 0.15) is 24.2 Å². The molecule has 0 atom stereocenters. The van der Waals surface area contributed by atoms with Crippen molar-refractivity contribution in [3.8, 4) is 5.75 Å². The van der Waals surface area contributed by atoms with Gasteiger partial charge in [0.1, 0.15) is 0 Å². The maximum Gasteiger partial charge on any atom is 0.336 e. The molecule has 5 nitrogen and oxygen atoms in total. The van der Waals surface area contributed by atoms with Crippen LogP contribution < -0.4 is 4.84 Å². The topological polar surface area (TPSA) is 52.2 Å². The first-order valence-electron chi connectivity index (χ1n) is 4.86. The predicted molar refractivity (Wildman–Crippen MR) is 63.5 cm³/mol. The highest BCUT2D eigenvalue weighted by atomic mass is 16.6. The highest BCUT2D eigenvalue weighted by molar-refractivity contribution is 5.91. The summed E-state index contributed by atoms with van der Waals surface area (Å²) in [5, 5.41) is 3.76. The van der Waals surface area contributed by atoms with Crippen LogP contribution in [0.2, 0.25) is 0 Å². The summed E-state index contributed by atoms with van der Waals surface area (Å²) in [6.45, 7) is 10.6. The lowest BCUT2D eigenvalue weighted by Crippen LogP contribution is -2.00. The van der Waals surface area contributed by atoms with Crippen LogP contribution in [0.15, 0.2) is 23.4 Å². The van der Waals surface area contributed by atoms with Gasteiger partial charge in [0.2, 0.25) is 5.69 Å². The quantitative estimate of drug-likeness (QED) is 0.348. The zero-order valence-corrected chi connectivity index (χ0v) is 9.85. The van der Waals surface area contributed by atoms with Gasteiger partial charge < -0.3 is 9.57 Å². The number of carbonyl (C=O) groups is 1. The molecule has 0 bridgehead atoms. The van der Waals surface area contributed by atoms with Crippen molar-refractivity contribution in [2.24, 2.45) is 5.16 Å². The van der Waals surface area contributed by atoms with Crippen LogP contribution in [0.3, 0.4) is 0 Å². The van der Waals surface area contributed by atoms with E-state index in [2.05, 4.69) is 14.7 Å². The summed E-state index contributed by atoms with van der Waals surface area (Å²) in [6, 6.07) is 4.46. The minimum atomic E-state index is -0.489. The van der Waals surface area contributed by atoms with Crippen molar-refractivity contribution in [2.75, 3.05) is 7.11 Å². The Morgan fingerprint density at radius 1 is 1.41 bits per heavy atom. The molecule has 5 heteroatoms. The van der Waals surface area contributed by atoms with Crippen LogP contribution in [0, 0.1) is 6.57 Å². The SMILES string of the molecule is [C-]#[N+]c1cc(C(=O)OC)ccc1ON=C(C)C. The highest BCUT2D eigenvalue weighted by Gasteiger charge is 2.10. The van der Waals surface area contributed by atoms with Crippen molar-refractivity contribution in [3.05, 3.63) is 35.2 Å². The van der Waals surface area contributed by atoms with Gasteiger partial charge in [0, 0.05) is 5.56 Å². The van der Waals surface area contributed by atoms with Gasteiger partial charge >= 0.3 is 5.97 Å². The molecule has 1 aromatic rings. The molecule has 17 heavy (non-hydrogen) atoms. The molecule has 0 aliphatic carbocycles. The van der Waals surface area contributed by atoms with Crippen molar-refractivity contribution in [2.45, 2.75) is 13.8 Å². The van der Waals surface area contributed by atoms with E-state index in [0.717, 1.165) is 5.71 Å². The maximum absolute atomic E-state index is 11.3. The third kappa shape index (κ3) is 3.31. The molecule has 0 aliphatic rings. The number of hydrogen-bond acceptors (Lipinski definition) is 4. The Balaban J connectivity index is 3.07. The average molecular weight is 232 g/mol. The van der Waals surface area contributed by atoms with Gasteiger partial charge in [-0.1, -0.05) is 5.16 Å². The third-order valence-corrected chi connectivity index (χ3v) is 1.83. The monoisotopic (exact) mass is 232 g/mol. The first-order chi connectivity index (χ1) is 8.08. The second-order valence-corrected chi connectivity index (χ2v) is 3.42. The molecule has 0 radical (unpaired) electrons. The molecule has 88 valence electrons. The Bertz CT molecular complexity index is 497. The van der Waals surface area contributed by atoms with Crippen molar-refractivity contribution >= 4 is 17.4 Å². The van der Waals surface area contributed by atoms with Crippen LogP contribution in [0.5, 0.6) is 5.75 Å². The first kappa shape index (κ1) is 12.7. The number of carbonyl (C=O) groups excluding carboxylic acids is 1. The molecule has 0 saturated carbocycles. The molecule has 0 heterocycles. The lowest BCUT2D eigenvalue weighted by Gasteiger charge is -2.04. The van der Waals surface area contributed by atoms with Gasteiger partial charge in [0.15, 0.2) is 5.75 Å². The van der Waals surface area contributed by atoms with Crippen LogP contribution in [-0.2, 0) is 4.74 Å². The normalized spacial score (nSPS) is 9.06. The molecule has 0 saturated heterocycles. The zero-order valence-electron chi connectivity index (χ0n) is 9.85. The number of hydrogen-bond donors (Lipinski definition) is 0. The lowest BCUT2D eigenvalue weighted by molar-refractivity contribution is 0.0601. The van der Waals surface area contributed by atoms with Crippen LogP contribution in [0.25, 0.3) is 4.85 Å². The Morgan fingerprint density at radius 2 is 2.12 bits per heavy atom. The van der Waals surface area contributed by atoms with Crippen molar-refractivity contribution in [1.29, 1.82) is 0 Å². The van der Waals surface area contributed by atoms with E-state index in [9.17, 15) is 4.79 Å². The molecule has 1 aromatic carbocycles. The molecular formula is C12H12N2O3. The molecular weight excluding hydrogens is 220 g/mol. The van der Waals surface area contributed by atoms with E-state index in [-0.39, 0.29) is 5.69 Å². The second-order valence-electron chi connectivity index (χ2n) is 3.42. The highest BCUT2D eigenvalue weighted by Crippen LogP contribution is 2.29. The van der Waals surface area contributed by atoms with Gasteiger partial charge in [-0.3, -0.25) is 0 Å². The number of methoxy groups -OCH3 is 1. The van der Waals surface area contributed by atoms with Crippen LogP contribution >= 0.6 is 0 Å². The fraction of sp³-hybridized carbons (Fsp3) is 0.250. The predicted octanol–water partition coefficient (Wildman–Crippen LogP) is 2.80. The van der Waals surface area contributed by atoms with E-state index < -0.39 is 5.97 Å². The third-order valence-electron chi connectivity index (χ3n) is 1.83. The van der Waals surface area contributed by atoms with Crippen molar-refractivity contribution in [1.82, 2.24) is 0 Å². The van der Waals surface area contributed by atoms with Gasteiger partial charge in [-0.2, -0.15) is 0 Å². The van der Waals surface area contributed by atoms with Crippen molar-refractivity contribution in [3.63, 3.8) is 0 Å². The Labute approximate surface area is 99.5 Å². The standard InChI is InChI=1S/C12H12N2O3/c1-8(2)14-17-11-6-5-9(12(15)16-4)7-10(11)13-3/h5-7H,1-2,4H3. The fourth-order valence-corrected chi connectivity index (χ4v) is 1.07. The zero-order chi connectivity index (χ0) is 12.8. The molecule has 1 rings (SSSR count). The van der Waals surface area contributed by atoms with E-state index in [1.807, 2.05) is 0 Å². The van der Waals surface area contributed by atoms with E-state index in [0.29, 0.717) is 11.3 Å². The van der Waals surface area contributed by atoms with Crippen LogP contribution in [0.4, 0.5) is 5.69 Å². The smallest absolute Gasteiger partial charge is 0.336 e. The summed E-state index contributed by atoms with van der Waals surface area (Å²) in [6.07, 6.45) is 0. The summed E-state index contributed by atoms with van der Waals surface area (Å²) >= 11 is 0. The summed E-state index contributed by atoms with van der Waals surface area (Å²) in [7, 11) is 1.29. The molecule has 0 fully saturated rings.